The zero-order valence-electron chi connectivity index (χ0n) is 12.0. The molecule has 1 atom stereocenters. The summed E-state index contributed by atoms with van der Waals surface area (Å²) in [6.45, 7) is 3.29. The van der Waals surface area contributed by atoms with Gasteiger partial charge in [-0.05, 0) is 56.1 Å². The first-order valence-electron chi connectivity index (χ1n) is 7.41. The molecule has 22 heavy (non-hydrogen) atoms. The maximum absolute atomic E-state index is 12.4. The van der Waals surface area contributed by atoms with Crippen LogP contribution in [0.1, 0.15) is 23.4 Å². The number of hydrogen-bond donors (Lipinski definition) is 1. The average molecular weight is 341 g/mol. The second-order valence-electron chi connectivity index (χ2n) is 6.01. The molecule has 1 aromatic heterocycles. The van der Waals surface area contributed by atoms with E-state index in [2.05, 4.69) is 10.2 Å². The van der Waals surface area contributed by atoms with Crippen molar-refractivity contribution in [1.29, 1.82) is 0 Å². The van der Waals surface area contributed by atoms with Gasteiger partial charge in [0.25, 0.3) is 5.91 Å². The molecule has 0 aliphatic carbocycles. The molecule has 1 amide bonds. The van der Waals surface area contributed by atoms with Gasteiger partial charge in [-0.1, -0.05) is 11.6 Å². The monoisotopic (exact) mass is 340 g/mol. The van der Waals surface area contributed by atoms with Gasteiger partial charge < -0.3 is 14.6 Å². The van der Waals surface area contributed by atoms with Gasteiger partial charge in [0.2, 0.25) is 0 Å². The van der Waals surface area contributed by atoms with Crippen LogP contribution >= 0.6 is 24.0 Å². The molecule has 0 spiro atoms. The molecule has 1 N–H and O–H groups in total. The summed E-state index contributed by atoms with van der Waals surface area (Å²) < 4.78 is 5.62. The number of fused-ring (bicyclic) bond motifs is 4. The van der Waals surface area contributed by atoms with Gasteiger partial charge in [0, 0.05) is 23.0 Å². The number of furan rings is 1. The van der Waals surface area contributed by atoms with Crippen LogP contribution in [0.3, 0.4) is 0 Å². The normalized spacial score (nSPS) is 26.7. The van der Waals surface area contributed by atoms with E-state index >= 15 is 0 Å². The fraction of sp³-hybridized carbons (Fsp3) is 0.438. The van der Waals surface area contributed by atoms with Crippen LogP contribution in [0.5, 0.6) is 0 Å². The van der Waals surface area contributed by atoms with Crippen LogP contribution in [-0.4, -0.2) is 36.5 Å². The molecule has 2 aromatic rings. The van der Waals surface area contributed by atoms with Gasteiger partial charge in [0.15, 0.2) is 5.76 Å². The predicted molar refractivity (Wildman–Crippen MR) is 88.9 cm³/mol. The summed E-state index contributed by atoms with van der Waals surface area (Å²) in [4.78, 5) is 14.8. The summed E-state index contributed by atoms with van der Waals surface area (Å²) in [5, 5.41) is 4.64. The van der Waals surface area contributed by atoms with E-state index in [4.69, 9.17) is 16.0 Å². The molecule has 5 rings (SSSR count). The highest BCUT2D eigenvalue weighted by Crippen LogP contribution is 2.28. The van der Waals surface area contributed by atoms with Crippen molar-refractivity contribution in [2.24, 2.45) is 5.92 Å². The third-order valence-electron chi connectivity index (χ3n) is 4.67. The van der Waals surface area contributed by atoms with Gasteiger partial charge in [-0.25, -0.2) is 0 Å². The molecule has 3 saturated heterocycles. The van der Waals surface area contributed by atoms with E-state index in [0.29, 0.717) is 22.3 Å². The molecule has 118 valence electrons. The first-order valence-corrected chi connectivity index (χ1v) is 7.79. The first kappa shape index (κ1) is 15.7. The van der Waals surface area contributed by atoms with Crippen molar-refractivity contribution in [3.8, 4) is 0 Å². The minimum absolute atomic E-state index is 0. The number of nitrogens with one attached hydrogen (secondary N) is 1. The Kier molecular flexibility index (Phi) is 4.35. The number of halogens is 2. The number of nitrogens with zero attached hydrogens (tertiary/aromatic N) is 1. The minimum atomic E-state index is -0.124. The van der Waals surface area contributed by atoms with Gasteiger partial charge >= 0.3 is 0 Å². The van der Waals surface area contributed by atoms with Gasteiger partial charge in [-0.15, -0.1) is 12.4 Å². The second-order valence-corrected chi connectivity index (χ2v) is 6.45. The van der Waals surface area contributed by atoms with Crippen LogP contribution in [0.25, 0.3) is 11.0 Å². The number of carbonyl (C=O) groups excluding carboxylic acids is 1. The lowest BCUT2D eigenvalue weighted by atomic mass is 9.84. The van der Waals surface area contributed by atoms with Gasteiger partial charge in [0.1, 0.15) is 5.58 Å². The fourth-order valence-electron chi connectivity index (χ4n) is 3.49. The number of rotatable bonds is 2. The molecule has 3 aliphatic heterocycles. The Hall–Kier alpha value is -1.23. The Morgan fingerprint density at radius 3 is 2.73 bits per heavy atom. The molecule has 4 heterocycles. The molecule has 6 heteroatoms. The molecular weight excluding hydrogens is 323 g/mol. The predicted octanol–water partition coefficient (Wildman–Crippen LogP) is 3.33. The van der Waals surface area contributed by atoms with Crippen molar-refractivity contribution in [1.82, 2.24) is 10.2 Å². The van der Waals surface area contributed by atoms with Crippen molar-refractivity contribution in [3.63, 3.8) is 0 Å². The van der Waals surface area contributed by atoms with Crippen molar-refractivity contribution in [2.45, 2.75) is 18.9 Å². The number of carbonyl (C=O) groups is 1. The van der Waals surface area contributed by atoms with E-state index in [0.717, 1.165) is 11.9 Å². The van der Waals surface area contributed by atoms with Gasteiger partial charge in [-0.2, -0.15) is 0 Å². The largest absolute Gasteiger partial charge is 0.451 e. The zero-order chi connectivity index (χ0) is 14.4. The van der Waals surface area contributed by atoms with Crippen molar-refractivity contribution in [3.05, 3.63) is 35.0 Å². The van der Waals surface area contributed by atoms with E-state index in [1.807, 2.05) is 6.07 Å². The van der Waals surface area contributed by atoms with Crippen molar-refractivity contribution < 1.29 is 9.21 Å². The molecule has 0 saturated carbocycles. The highest BCUT2D eigenvalue weighted by atomic mass is 35.5. The van der Waals surface area contributed by atoms with E-state index in [9.17, 15) is 4.79 Å². The molecular formula is C16H18Cl2N2O2. The highest BCUT2D eigenvalue weighted by molar-refractivity contribution is 6.31. The topological polar surface area (TPSA) is 45.5 Å². The van der Waals surface area contributed by atoms with Gasteiger partial charge in [0.05, 0.1) is 0 Å². The molecule has 1 aromatic carbocycles. The summed E-state index contributed by atoms with van der Waals surface area (Å²) in [5.41, 5.74) is 0.693. The van der Waals surface area contributed by atoms with Crippen LogP contribution in [0, 0.1) is 5.92 Å². The molecule has 0 unspecified atom stereocenters. The molecule has 4 nitrogen and oxygen atoms in total. The van der Waals surface area contributed by atoms with E-state index < -0.39 is 0 Å². The average Bonchev–Trinajstić information content (AvgIpc) is 2.91. The Morgan fingerprint density at radius 1 is 1.27 bits per heavy atom. The summed E-state index contributed by atoms with van der Waals surface area (Å²) >= 11 is 5.96. The van der Waals surface area contributed by atoms with E-state index in [1.54, 1.807) is 18.2 Å². The van der Waals surface area contributed by atoms with E-state index in [1.165, 1.54) is 25.9 Å². The zero-order valence-corrected chi connectivity index (χ0v) is 13.6. The molecule has 2 bridgehead atoms. The van der Waals surface area contributed by atoms with Crippen LogP contribution < -0.4 is 5.32 Å². The first-order chi connectivity index (χ1) is 10.2. The standard InChI is InChI=1S/C16H17ClN2O2.ClH/c17-12-1-2-14-11(7-12)8-15(21-14)16(20)18-13-9-19-5-3-10(13)4-6-19;/h1-2,7-8,10,13H,3-6,9H2,(H,18,20);1H/t13-;/m0./s1. The maximum Gasteiger partial charge on any atom is 0.287 e. The Bertz CT molecular complexity index is 693. The summed E-state index contributed by atoms with van der Waals surface area (Å²) in [6.07, 6.45) is 2.36. The van der Waals surface area contributed by atoms with E-state index in [-0.39, 0.29) is 24.4 Å². The number of benzene rings is 1. The third kappa shape index (κ3) is 2.83. The third-order valence-corrected chi connectivity index (χ3v) is 4.91. The SMILES string of the molecule is Cl.O=C(N[C@H]1CN2CCC1CC2)c1cc2cc(Cl)ccc2o1. The fourth-order valence-corrected chi connectivity index (χ4v) is 3.67. The minimum Gasteiger partial charge on any atom is -0.451 e. The quantitative estimate of drug-likeness (QED) is 0.911. The Morgan fingerprint density at radius 2 is 2.05 bits per heavy atom. The van der Waals surface area contributed by atoms with Crippen LogP contribution in [0.2, 0.25) is 5.02 Å². The Labute approximate surface area is 140 Å². The highest BCUT2D eigenvalue weighted by Gasteiger charge is 2.35. The Balaban J connectivity index is 0.00000144. The molecule has 3 aliphatic rings. The lowest BCUT2D eigenvalue weighted by Gasteiger charge is -2.44. The smallest absolute Gasteiger partial charge is 0.287 e. The maximum atomic E-state index is 12.4. The van der Waals surface area contributed by atoms with Crippen molar-refractivity contribution >= 4 is 40.9 Å². The number of amides is 1. The van der Waals surface area contributed by atoms with Crippen LogP contribution in [0.4, 0.5) is 0 Å². The summed E-state index contributed by atoms with van der Waals surface area (Å²) in [6, 6.07) is 7.38. The summed E-state index contributed by atoms with van der Waals surface area (Å²) in [7, 11) is 0. The number of piperidine rings is 3. The lowest BCUT2D eigenvalue weighted by Crippen LogP contribution is -2.57. The van der Waals surface area contributed by atoms with Crippen LogP contribution in [-0.2, 0) is 0 Å². The number of hydrogen-bond acceptors (Lipinski definition) is 3. The summed E-state index contributed by atoms with van der Waals surface area (Å²) in [5.74, 6) is 0.850. The molecule has 3 fully saturated rings. The lowest BCUT2D eigenvalue weighted by molar-refractivity contribution is 0.0607. The second kappa shape index (κ2) is 6.11. The molecule has 0 radical (unpaired) electrons. The van der Waals surface area contributed by atoms with Crippen molar-refractivity contribution in [2.75, 3.05) is 19.6 Å². The van der Waals surface area contributed by atoms with Crippen LogP contribution in [0.15, 0.2) is 28.7 Å². The van der Waals surface area contributed by atoms with Gasteiger partial charge in [-0.3, -0.25) is 4.79 Å².